The molecule has 0 fully saturated rings. The van der Waals surface area contributed by atoms with E-state index in [2.05, 4.69) is 36.5 Å². The molecule has 7 nitrogen and oxygen atoms in total. The maximum absolute atomic E-state index is 12.8. The molecule has 8 heteroatoms. The van der Waals surface area contributed by atoms with Gasteiger partial charge in [0, 0.05) is 26.2 Å². The fourth-order valence-electron chi connectivity index (χ4n) is 3.15. The molecule has 2 N–H and O–H groups in total. The number of nitrogens with one attached hydrogen (secondary N) is 2. The van der Waals surface area contributed by atoms with Crippen molar-refractivity contribution in [1.29, 1.82) is 0 Å². The molecule has 0 aliphatic carbocycles. The minimum Gasteiger partial charge on any atom is -0.351 e. The molecule has 0 aromatic rings. The van der Waals surface area contributed by atoms with E-state index < -0.39 is 27.8 Å². The molecular weight excluding hydrogens is 450 g/mol. The zero-order chi connectivity index (χ0) is 26.1. The third-order valence-corrected chi connectivity index (χ3v) is 7.22. The zero-order valence-electron chi connectivity index (χ0n) is 21.7. The molecule has 0 aromatic heterocycles. The number of terminal acetylenes is 1. The van der Waals surface area contributed by atoms with E-state index in [0.717, 1.165) is 31.3 Å². The summed E-state index contributed by atoms with van der Waals surface area (Å²) in [7, 11) is -2.16. The summed E-state index contributed by atoms with van der Waals surface area (Å²) in [6.45, 7) is 10.5. The molecule has 0 radical (unpaired) electrons. The quantitative estimate of drug-likeness (QED) is 0.148. The van der Waals surface area contributed by atoms with Crippen molar-refractivity contribution in [3.8, 4) is 12.3 Å². The van der Waals surface area contributed by atoms with Crippen LogP contribution in [-0.2, 0) is 19.6 Å². The minimum absolute atomic E-state index is 0.0605. The number of sulfonamides is 1. The van der Waals surface area contributed by atoms with Gasteiger partial charge in [0.15, 0.2) is 0 Å². The molecule has 0 bridgehead atoms. The maximum atomic E-state index is 12.8. The number of rotatable bonds is 16. The van der Waals surface area contributed by atoms with Crippen molar-refractivity contribution in [1.82, 2.24) is 14.9 Å². The summed E-state index contributed by atoms with van der Waals surface area (Å²) in [6, 6.07) is 0. The Hall–Kier alpha value is -2.37. The summed E-state index contributed by atoms with van der Waals surface area (Å²) in [5, 5.41) is 5.23. The molecule has 0 aliphatic heterocycles. The van der Waals surface area contributed by atoms with Crippen molar-refractivity contribution in [3.05, 3.63) is 35.6 Å². The smallest absolute Gasteiger partial charge is 0.268 e. The molecule has 0 aliphatic rings. The lowest BCUT2D eigenvalue weighted by molar-refractivity contribution is -0.125. The van der Waals surface area contributed by atoms with Gasteiger partial charge in [0.25, 0.3) is 5.91 Å². The summed E-state index contributed by atoms with van der Waals surface area (Å²) in [6.07, 6.45) is 16.8. The largest absolute Gasteiger partial charge is 0.351 e. The molecule has 0 saturated heterocycles. The van der Waals surface area contributed by atoms with Crippen LogP contribution >= 0.6 is 0 Å². The van der Waals surface area contributed by atoms with Crippen LogP contribution < -0.4 is 10.6 Å². The highest BCUT2D eigenvalue weighted by molar-refractivity contribution is 7.89. The average Bonchev–Trinajstić information content (AvgIpc) is 2.76. The van der Waals surface area contributed by atoms with Gasteiger partial charge in [-0.1, -0.05) is 70.3 Å². The van der Waals surface area contributed by atoms with Crippen molar-refractivity contribution in [2.45, 2.75) is 66.7 Å². The number of hydrogen-bond acceptors (Lipinski definition) is 4. The lowest BCUT2D eigenvalue weighted by Gasteiger charge is -2.20. The van der Waals surface area contributed by atoms with Gasteiger partial charge in [-0.3, -0.25) is 9.59 Å². The Morgan fingerprint density at radius 2 is 1.85 bits per heavy atom. The first-order valence-electron chi connectivity index (χ1n) is 12.0. The monoisotopic (exact) mass is 493 g/mol. The number of carbonyl (C=O) groups excluding carboxylic acids is 2. The van der Waals surface area contributed by atoms with Crippen molar-refractivity contribution < 1.29 is 18.0 Å². The molecule has 1 unspecified atom stereocenters. The molecule has 192 valence electrons. The average molecular weight is 494 g/mol. The number of carbonyl (C=O) groups is 2. The van der Waals surface area contributed by atoms with Gasteiger partial charge < -0.3 is 10.6 Å². The van der Waals surface area contributed by atoms with E-state index in [1.807, 2.05) is 26.0 Å². The van der Waals surface area contributed by atoms with Crippen LogP contribution in [0.4, 0.5) is 0 Å². The Balaban J connectivity index is 4.91. The Kier molecular flexibility index (Phi) is 15.9. The zero-order valence-corrected chi connectivity index (χ0v) is 22.5. The molecule has 1 atom stereocenters. The van der Waals surface area contributed by atoms with Gasteiger partial charge in [0.05, 0.1) is 11.7 Å². The van der Waals surface area contributed by atoms with Crippen LogP contribution in [0.1, 0.15) is 66.7 Å². The van der Waals surface area contributed by atoms with Gasteiger partial charge in [0.1, 0.15) is 5.70 Å². The lowest BCUT2D eigenvalue weighted by atomic mass is 10.1. The Morgan fingerprint density at radius 1 is 1.18 bits per heavy atom. The predicted octanol–water partition coefficient (Wildman–Crippen LogP) is 3.76. The van der Waals surface area contributed by atoms with Crippen molar-refractivity contribution in [2.24, 2.45) is 11.8 Å². The van der Waals surface area contributed by atoms with Gasteiger partial charge in [-0.25, -0.2) is 12.7 Å². The van der Waals surface area contributed by atoms with E-state index >= 15 is 0 Å². The second-order valence-electron chi connectivity index (χ2n) is 8.80. The molecule has 0 aromatic carbocycles. The Labute approximate surface area is 207 Å². The van der Waals surface area contributed by atoms with Crippen molar-refractivity contribution in [2.75, 3.05) is 25.9 Å². The summed E-state index contributed by atoms with van der Waals surface area (Å²) >= 11 is 0. The van der Waals surface area contributed by atoms with Crippen LogP contribution in [0.15, 0.2) is 35.6 Å². The number of nitrogens with zero attached hydrogens (tertiary/aromatic N) is 1. The van der Waals surface area contributed by atoms with Crippen LogP contribution in [0.5, 0.6) is 0 Å². The van der Waals surface area contributed by atoms with E-state index in [1.165, 1.54) is 24.4 Å². The van der Waals surface area contributed by atoms with E-state index in [4.69, 9.17) is 6.42 Å². The van der Waals surface area contributed by atoms with E-state index in [0.29, 0.717) is 25.4 Å². The van der Waals surface area contributed by atoms with E-state index in [-0.39, 0.29) is 11.4 Å². The number of hydrogen-bond donors (Lipinski definition) is 2. The highest BCUT2D eigenvalue weighted by atomic mass is 32.2. The van der Waals surface area contributed by atoms with Gasteiger partial charge in [-0.05, 0) is 32.1 Å². The fourth-order valence-corrected chi connectivity index (χ4v) is 4.55. The van der Waals surface area contributed by atoms with Crippen LogP contribution in [0.3, 0.4) is 0 Å². The molecule has 0 rings (SSSR count). The minimum atomic E-state index is -3.67. The summed E-state index contributed by atoms with van der Waals surface area (Å²) < 4.78 is 26.8. The Bertz CT molecular complexity index is 880. The molecule has 0 spiro atoms. The molecule has 0 saturated carbocycles. The standard InChI is InChI=1S/C26H43N3O4S/c1-8-13-23(14-9-2)17-19-29(7)34(32,33)20-22(6)25(30)28-24(15-10-3)26(31)27-18-12-11-16-21(4)5/h3,8,13-15,21-22H,9,11-12,16-20H2,1-2,4-7H3,(H,27,31)(H,28,30)/b13-8-,23-14+,24-15+. The molecule has 2 amide bonds. The Morgan fingerprint density at radius 3 is 2.41 bits per heavy atom. The maximum Gasteiger partial charge on any atom is 0.268 e. The normalized spacial score (nSPS) is 13.9. The number of allylic oxidation sites excluding steroid dienone is 4. The van der Waals surface area contributed by atoms with Crippen molar-refractivity contribution >= 4 is 21.8 Å². The summed E-state index contributed by atoms with van der Waals surface area (Å²) in [5.74, 6) is 0.557. The van der Waals surface area contributed by atoms with Gasteiger partial charge in [0.2, 0.25) is 15.9 Å². The van der Waals surface area contributed by atoms with Crippen LogP contribution in [0.25, 0.3) is 0 Å². The predicted molar refractivity (Wildman–Crippen MR) is 140 cm³/mol. The second kappa shape index (κ2) is 17.1. The summed E-state index contributed by atoms with van der Waals surface area (Å²) in [4.78, 5) is 25.0. The van der Waals surface area contributed by atoms with Crippen LogP contribution in [0.2, 0.25) is 0 Å². The van der Waals surface area contributed by atoms with Crippen LogP contribution in [0, 0.1) is 24.2 Å². The second-order valence-corrected chi connectivity index (χ2v) is 10.9. The van der Waals surface area contributed by atoms with E-state index in [9.17, 15) is 18.0 Å². The van der Waals surface area contributed by atoms with Crippen molar-refractivity contribution in [3.63, 3.8) is 0 Å². The highest BCUT2D eigenvalue weighted by Gasteiger charge is 2.26. The number of amides is 2. The third-order valence-electron chi connectivity index (χ3n) is 5.17. The van der Waals surface area contributed by atoms with Gasteiger partial charge >= 0.3 is 0 Å². The molecule has 34 heavy (non-hydrogen) atoms. The van der Waals surface area contributed by atoms with Gasteiger partial charge in [-0.15, -0.1) is 6.42 Å². The summed E-state index contributed by atoms with van der Waals surface area (Å²) in [5.41, 5.74) is 1.01. The van der Waals surface area contributed by atoms with Gasteiger partial charge in [-0.2, -0.15) is 0 Å². The first-order valence-corrected chi connectivity index (χ1v) is 13.6. The first-order chi connectivity index (χ1) is 16.0. The molecule has 0 heterocycles. The first kappa shape index (κ1) is 31.6. The number of unbranched alkanes of at least 4 members (excludes halogenated alkanes) is 1. The topological polar surface area (TPSA) is 95.6 Å². The van der Waals surface area contributed by atoms with E-state index in [1.54, 1.807) is 0 Å². The highest BCUT2D eigenvalue weighted by Crippen LogP contribution is 2.12. The SMILES string of the molecule is C#C/C=C(/NC(=O)C(C)CS(=O)(=O)N(C)CCC(/C=C\C)=C/CC)C(=O)NCCCCC(C)C. The fraction of sp³-hybridized carbons (Fsp3) is 0.615. The van der Waals surface area contributed by atoms with Crippen LogP contribution in [-0.4, -0.2) is 50.4 Å². The third kappa shape index (κ3) is 13.4. The molecular formula is C26H43N3O4S. The lowest BCUT2D eigenvalue weighted by Crippen LogP contribution is -2.41.